The van der Waals surface area contributed by atoms with Crippen LogP contribution in [-0.2, 0) is 14.3 Å². The summed E-state index contributed by atoms with van der Waals surface area (Å²) in [6.07, 6.45) is 3.42. The number of hydrogen-bond donors (Lipinski definition) is 3. The monoisotopic (exact) mass is 445 g/mol. The van der Waals surface area contributed by atoms with Crippen molar-refractivity contribution < 1.29 is 19.1 Å². The van der Waals surface area contributed by atoms with Crippen molar-refractivity contribution in [2.75, 3.05) is 35.7 Å². The summed E-state index contributed by atoms with van der Waals surface area (Å²) in [5.41, 5.74) is 1.84. The number of ether oxygens (including phenoxy) is 2. The Morgan fingerprint density at radius 2 is 1.94 bits per heavy atom. The Morgan fingerprint density at radius 3 is 2.71 bits per heavy atom. The minimum atomic E-state index is -0.229. The molecule has 8 heteroatoms. The summed E-state index contributed by atoms with van der Waals surface area (Å²) in [7, 11) is 0. The molecule has 1 fully saturated rings. The Morgan fingerprint density at radius 1 is 1.13 bits per heavy atom. The SMILES string of the molecule is CCCC(=O)Nc1ccc(Cl)c(NCC(=O)Nc2cccc(OCC3CCCO3)c2)c1. The average molecular weight is 446 g/mol. The highest BCUT2D eigenvalue weighted by molar-refractivity contribution is 6.33. The average Bonchev–Trinajstić information content (AvgIpc) is 3.27. The van der Waals surface area contributed by atoms with Crippen LogP contribution in [0.2, 0.25) is 5.02 Å². The van der Waals surface area contributed by atoms with Gasteiger partial charge in [-0.1, -0.05) is 24.6 Å². The third-order valence-corrected chi connectivity index (χ3v) is 5.07. The number of benzene rings is 2. The molecule has 2 aromatic carbocycles. The highest BCUT2D eigenvalue weighted by Crippen LogP contribution is 2.26. The molecule has 1 heterocycles. The maximum absolute atomic E-state index is 12.4. The summed E-state index contributed by atoms with van der Waals surface area (Å²) in [4.78, 5) is 24.2. The van der Waals surface area contributed by atoms with Gasteiger partial charge in [-0.25, -0.2) is 0 Å². The molecule has 31 heavy (non-hydrogen) atoms. The molecule has 7 nitrogen and oxygen atoms in total. The number of hydrogen-bond acceptors (Lipinski definition) is 5. The van der Waals surface area contributed by atoms with Crippen molar-refractivity contribution >= 4 is 40.5 Å². The van der Waals surface area contributed by atoms with E-state index in [1.807, 2.05) is 19.1 Å². The van der Waals surface area contributed by atoms with Crippen molar-refractivity contribution in [3.63, 3.8) is 0 Å². The van der Waals surface area contributed by atoms with Gasteiger partial charge in [-0.3, -0.25) is 9.59 Å². The van der Waals surface area contributed by atoms with Crippen LogP contribution >= 0.6 is 11.6 Å². The molecule has 1 saturated heterocycles. The first kappa shape index (κ1) is 22.9. The topological polar surface area (TPSA) is 88.7 Å². The molecule has 2 amide bonds. The zero-order valence-corrected chi connectivity index (χ0v) is 18.3. The van der Waals surface area contributed by atoms with E-state index in [0.717, 1.165) is 25.9 Å². The molecule has 0 radical (unpaired) electrons. The maximum Gasteiger partial charge on any atom is 0.243 e. The van der Waals surface area contributed by atoms with Gasteiger partial charge in [0.25, 0.3) is 0 Å². The summed E-state index contributed by atoms with van der Waals surface area (Å²) in [5.74, 6) is 0.391. The second-order valence-corrected chi connectivity index (χ2v) is 7.78. The van der Waals surface area contributed by atoms with E-state index in [4.69, 9.17) is 21.1 Å². The van der Waals surface area contributed by atoms with Crippen molar-refractivity contribution in [2.45, 2.75) is 38.7 Å². The Balaban J connectivity index is 1.50. The molecule has 2 aromatic rings. The van der Waals surface area contributed by atoms with Crippen molar-refractivity contribution in [3.05, 3.63) is 47.5 Å². The lowest BCUT2D eigenvalue weighted by Crippen LogP contribution is -2.22. The number of nitrogens with one attached hydrogen (secondary N) is 3. The highest BCUT2D eigenvalue weighted by Gasteiger charge is 2.16. The van der Waals surface area contributed by atoms with Crippen molar-refractivity contribution in [3.8, 4) is 5.75 Å². The Bertz CT molecular complexity index is 900. The van der Waals surface area contributed by atoms with E-state index in [9.17, 15) is 9.59 Å². The number of amides is 2. The lowest BCUT2D eigenvalue weighted by Gasteiger charge is -2.13. The molecular formula is C23H28ClN3O4. The fourth-order valence-corrected chi connectivity index (χ4v) is 3.38. The normalized spacial score (nSPS) is 15.4. The summed E-state index contributed by atoms with van der Waals surface area (Å²) in [5, 5.41) is 9.13. The molecule has 0 aliphatic carbocycles. The largest absolute Gasteiger partial charge is 0.491 e. The van der Waals surface area contributed by atoms with Gasteiger partial charge in [0, 0.05) is 30.5 Å². The standard InChI is InChI=1S/C23H28ClN3O4/c1-2-5-22(28)26-17-9-10-20(24)21(13-17)25-14-23(29)27-16-6-3-7-18(12-16)31-15-19-8-4-11-30-19/h3,6-7,9-10,12-13,19,25H,2,4-5,8,11,14-15H2,1H3,(H,26,28)(H,27,29). The van der Waals surface area contributed by atoms with Gasteiger partial charge < -0.3 is 25.4 Å². The first-order chi connectivity index (χ1) is 15.0. The van der Waals surface area contributed by atoms with Gasteiger partial charge in [0.05, 0.1) is 23.4 Å². The van der Waals surface area contributed by atoms with Crippen LogP contribution in [0.3, 0.4) is 0 Å². The van der Waals surface area contributed by atoms with E-state index in [1.165, 1.54) is 0 Å². The van der Waals surface area contributed by atoms with Crippen LogP contribution in [-0.4, -0.2) is 37.7 Å². The van der Waals surface area contributed by atoms with Gasteiger partial charge >= 0.3 is 0 Å². The molecule has 3 rings (SSSR count). The summed E-state index contributed by atoms with van der Waals surface area (Å²) in [6.45, 7) is 3.25. The summed E-state index contributed by atoms with van der Waals surface area (Å²) < 4.78 is 11.3. The molecule has 1 atom stereocenters. The van der Waals surface area contributed by atoms with Gasteiger partial charge in [-0.2, -0.15) is 0 Å². The fraction of sp³-hybridized carbons (Fsp3) is 0.391. The van der Waals surface area contributed by atoms with Crippen LogP contribution in [0.4, 0.5) is 17.1 Å². The zero-order chi connectivity index (χ0) is 22.1. The fourth-order valence-electron chi connectivity index (χ4n) is 3.20. The van der Waals surface area contributed by atoms with Gasteiger partial charge in [-0.05, 0) is 49.6 Å². The van der Waals surface area contributed by atoms with Crippen LogP contribution in [0.1, 0.15) is 32.6 Å². The lowest BCUT2D eigenvalue weighted by molar-refractivity contribution is -0.116. The second-order valence-electron chi connectivity index (χ2n) is 7.37. The molecule has 166 valence electrons. The first-order valence-electron chi connectivity index (χ1n) is 10.5. The summed E-state index contributed by atoms with van der Waals surface area (Å²) in [6, 6.07) is 12.4. The minimum Gasteiger partial charge on any atom is -0.491 e. The molecular weight excluding hydrogens is 418 g/mol. The van der Waals surface area contributed by atoms with Crippen molar-refractivity contribution in [1.29, 1.82) is 0 Å². The Kier molecular flexibility index (Phi) is 8.55. The van der Waals surface area contributed by atoms with Crippen LogP contribution in [0.25, 0.3) is 0 Å². The number of carbonyl (C=O) groups is 2. The van der Waals surface area contributed by atoms with Gasteiger partial charge in [0.1, 0.15) is 12.4 Å². The quantitative estimate of drug-likeness (QED) is 0.493. The van der Waals surface area contributed by atoms with Crippen LogP contribution in [0.5, 0.6) is 5.75 Å². The van der Waals surface area contributed by atoms with E-state index in [-0.39, 0.29) is 24.5 Å². The molecule has 0 bridgehead atoms. The van der Waals surface area contributed by atoms with Gasteiger partial charge in [0.2, 0.25) is 11.8 Å². The molecule has 0 saturated carbocycles. The van der Waals surface area contributed by atoms with E-state index in [2.05, 4.69) is 16.0 Å². The number of halogens is 1. The molecule has 1 aliphatic rings. The smallest absolute Gasteiger partial charge is 0.243 e. The number of rotatable bonds is 10. The zero-order valence-electron chi connectivity index (χ0n) is 17.6. The molecule has 1 aliphatic heterocycles. The third kappa shape index (κ3) is 7.45. The van der Waals surface area contributed by atoms with Gasteiger partial charge in [0.15, 0.2) is 0 Å². The summed E-state index contributed by atoms with van der Waals surface area (Å²) >= 11 is 6.21. The van der Waals surface area contributed by atoms with E-state index < -0.39 is 0 Å². The number of anilines is 3. The predicted molar refractivity (Wildman–Crippen MR) is 123 cm³/mol. The maximum atomic E-state index is 12.4. The second kappa shape index (κ2) is 11.6. The Labute approximate surface area is 187 Å². The van der Waals surface area contributed by atoms with E-state index in [1.54, 1.807) is 30.3 Å². The van der Waals surface area contributed by atoms with E-state index >= 15 is 0 Å². The lowest BCUT2D eigenvalue weighted by atomic mass is 10.2. The van der Waals surface area contributed by atoms with Gasteiger partial charge in [-0.15, -0.1) is 0 Å². The molecule has 3 N–H and O–H groups in total. The first-order valence-corrected chi connectivity index (χ1v) is 10.9. The Hall–Kier alpha value is -2.77. The number of carbonyl (C=O) groups excluding carboxylic acids is 2. The van der Waals surface area contributed by atoms with Crippen LogP contribution < -0.4 is 20.7 Å². The minimum absolute atomic E-state index is 0.0209. The van der Waals surface area contributed by atoms with Crippen molar-refractivity contribution in [2.24, 2.45) is 0 Å². The van der Waals surface area contributed by atoms with Crippen LogP contribution in [0.15, 0.2) is 42.5 Å². The molecule has 0 aromatic heterocycles. The third-order valence-electron chi connectivity index (χ3n) is 4.74. The molecule has 0 spiro atoms. The van der Waals surface area contributed by atoms with Crippen molar-refractivity contribution in [1.82, 2.24) is 0 Å². The van der Waals surface area contributed by atoms with Crippen LogP contribution in [0, 0.1) is 0 Å². The van der Waals surface area contributed by atoms with E-state index in [0.29, 0.717) is 40.9 Å². The predicted octanol–water partition coefficient (Wildman–Crippen LogP) is 4.69. The molecule has 1 unspecified atom stereocenters. The highest BCUT2D eigenvalue weighted by atomic mass is 35.5.